The van der Waals surface area contributed by atoms with E-state index in [2.05, 4.69) is 10.3 Å². The molecule has 1 amide bonds. The SMILES string of the molecule is COc1ccccc1NC(=O)CN(C1=NC2CS(=O)(=O)CC2S1)c1ccc(Cl)cc1. The lowest BCUT2D eigenvalue weighted by Gasteiger charge is -2.24. The Morgan fingerprint density at radius 1 is 1.23 bits per heavy atom. The molecule has 2 aliphatic rings. The third-order valence-corrected chi connectivity index (χ3v) is 8.36. The Morgan fingerprint density at radius 2 is 1.97 bits per heavy atom. The topological polar surface area (TPSA) is 88.1 Å². The lowest BCUT2D eigenvalue weighted by atomic mass is 10.2. The summed E-state index contributed by atoms with van der Waals surface area (Å²) in [5.41, 5.74) is 1.33. The van der Waals surface area contributed by atoms with Gasteiger partial charge in [-0.2, -0.15) is 0 Å². The van der Waals surface area contributed by atoms with Crippen molar-refractivity contribution < 1.29 is 17.9 Å². The molecule has 0 aliphatic carbocycles. The molecule has 7 nitrogen and oxygen atoms in total. The smallest absolute Gasteiger partial charge is 0.244 e. The van der Waals surface area contributed by atoms with E-state index in [0.717, 1.165) is 5.69 Å². The molecule has 0 saturated carbocycles. The Morgan fingerprint density at radius 3 is 2.67 bits per heavy atom. The zero-order chi connectivity index (χ0) is 21.3. The highest BCUT2D eigenvalue weighted by atomic mass is 35.5. The van der Waals surface area contributed by atoms with Crippen molar-refractivity contribution >= 4 is 55.6 Å². The molecule has 0 spiro atoms. The number of halogens is 1. The summed E-state index contributed by atoms with van der Waals surface area (Å²) in [6.45, 7) is 0.0116. The first-order chi connectivity index (χ1) is 14.3. The quantitative estimate of drug-likeness (QED) is 0.730. The van der Waals surface area contributed by atoms with Gasteiger partial charge in [-0.25, -0.2) is 8.42 Å². The zero-order valence-corrected chi connectivity index (χ0v) is 18.5. The Labute approximate surface area is 184 Å². The summed E-state index contributed by atoms with van der Waals surface area (Å²) in [5, 5.41) is 3.98. The van der Waals surface area contributed by atoms with Crippen LogP contribution < -0.4 is 15.0 Å². The molecule has 30 heavy (non-hydrogen) atoms. The molecule has 2 heterocycles. The molecule has 1 fully saturated rings. The summed E-state index contributed by atoms with van der Waals surface area (Å²) in [6, 6.07) is 14.0. The van der Waals surface area contributed by atoms with E-state index in [1.807, 2.05) is 24.3 Å². The van der Waals surface area contributed by atoms with Gasteiger partial charge in [0.15, 0.2) is 15.0 Å². The average molecular weight is 466 g/mol. The second kappa shape index (κ2) is 8.49. The lowest BCUT2D eigenvalue weighted by molar-refractivity contribution is -0.114. The van der Waals surface area contributed by atoms with Gasteiger partial charge in [-0.1, -0.05) is 35.5 Å². The number of para-hydroxylation sites is 2. The molecule has 2 aliphatic heterocycles. The van der Waals surface area contributed by atoms with Gasteiger partial charge in [0, 0.05) is 16.0 Å². The van der Waals surface area contributed by atoms with Gasteiger partial charge < -0.3 is 15.0 Å². The van der Waals surface area contributed by atoms with E-state index in [9.17, 15) is 13.2 Å². The highest BCUT2D eigenvalue weighted by Gasteiger charge is 2.44. The number of hydrogen-bond acceptors (Lipinski definition) is 7. The van der Waals surface area contributed by atoms with E-state index in [-0.39, 0.29) is 35.2 Å². The number of carbonyl (C=O) groups excluding carboxylic acids is 1. The first-order valence-electron chi connectivity index (χ1n) is 9.25. The van der Waals surface area contributed by atoms with Gasteiger partial charge in [0.05, 0.1) is 30.3 Å². The Balaban J connectivity index is 1.57. The van der Waals surface area contributed by atoms with Crippen molar-refractivity contribution in [2.24, 2.45) is 4.99 Å². The van der Waals surface area contributed by atoms with Crippen molar-refractivity contribution in [1.29, 1.82) is 0 Å². The summed E-state index contributed by atoms with van der Waals surface area (Å²) in [5.74, 6) is 0.478. The minimum atomic E-state index is -3.05. The lowest BCUT2D eigenvalue weighted by Crippen LogP contribution is -2.36. The number of aliphatic imine (C=N–C) groups is 1. The number of fused-ring (bicyclic) bond motifs is 1. The first kappa shape index (κ1) is 21.0. The molecule has 2 atom stereocenters. The van der Waals surface area contributed by atoms with Gasteiger partial charge in [0.1, 0.15) is 12.3 Å². The molecule has 2 aromatic carbocycles. The third-order valence-electron chi connectivity index (χ3n) is 4.86. The number of methoxy groups -OCH3 is 1. The molecule has 0 radical (unpaired) electrons. The van der Waals surface area contributed by atoms with Crippen LogP contribution in [0.15, 0.2) is 53.5 Å². The number of amidine groups is 1. The second-order valence-electron chi connectivity index (χ2n) is 7.02. The summed E-state index contributed by atoms with van der Waals surface area (Å²) < 4.78 is 29.1. The third kappa shape index (κ3) is 4.58. The predicted molar refractivity (Wildman–Crippen MR) is 122 cm³/mol. The van der Waals surface area contributed by atoms with E-state index < -0.39 is 9.84 Å². The van der Waals surface area contributed by atoms with Gasteiger partial charge >= 0.3 is 0 Å². The van der Waals surface area contributed by atoms with E-state index in [0.29, 0.717) is 21.6 Å². The molecule has 1 N–H and O–H groups in total. The van der Waals surface area contributed by atoms with E-state index in [4.69, 9.17) is 16.3 Å². The number of ether oxygens (including phenoxy) is 1. The van der Waals surface area contributed by atoms with Crippen LogP contribution in [-0.4, -0.2) is 55.9 Å². The fourth-order valence-corrected chi connectivity index (χ4v) is 7.35. The molecule has 2 unspecified atom stereocenters. The highest BCUT2D eigenvalue weighted by molar-refractivity contribution is 8.15. The van der Waals surface area contributed by atoms with Crippen LogP contribution in [0.1, 0.15) is 0 Å². The van der Waals surface area contributed by atoms with Gasteiger partial charge in [-0.15, -0.1) is 0 Å². The summed E-state index contributed by atoms with van der Waals surface area (Å²) in [6.07, 6.45) is 0. The Kier molecular flexibility index (Phi) is 5.95. The molecular weight excluding hydrogens is 446 g/mol. The fourth-order valence-electron chi connectivity index (χ4n) is 3.44. The van der Waals surface area contributed by atoms with E-state index in [1.165, 1.54) is 11.8 Å². The van der Waals surface area contributed by atoms with Crippen molar-refractivity contribution in [3.63, 3.8) is 0 Å². The van der Waals surface area contributed by atoms with E-state index in [1.54, 1.807) is 36.3 Å². The van der Waals surface area contributed by atoms with Crippen molar-refractivity contribution in [2.75, 3.05) is 35.4 Å². The highest BCUT2D eigenvalue weighted by Crippen LogP contribution is 2.37. The summed E-state index contributed by atoms with van der Waals surface area (Å²) in [7, 11) is -1.51. The number of amides is 1. The summed E-state index contributed by atoms with van der Waals surface area (Å²) in [4.78, 5) is 19.3. The van der Waals surface area contributed by atoms with Crippen LogP contribution in [0.5, 0.6) is 5.75 Å². The molecule has 1 saturated heterocycles. The normalized spacial score (nSPS) is 21.6. The number of thioether (sulfide) groups is 1. The molecular formula is C20H20ClN3O4S2. The van der Waals surface area contributed by atoms with Gasteiger partial charge in [0.25, 0.3) is 0 Å². The zero-order valence-electron chi connectivity index (χ0n) is 16.1. The van der Waals surface area contributed by atoms with Crippen LogP contribution in [0.4, 0.5) is 11.4 Å². The first-order valence-corrected chi connectivity index (χ1v) is 12.3. The number of anilines is 2. The molecule has 0 aromatic heterocycles. The van der Waals surface area contributed by atoms with Crippen LogP contribution in [0.3, 0.4) is 0 Å². The maximum atomic E-state index is 12.8. The molecule has 158 valence electrons. The largest absolute Gasteiger partial charge is 0.495 e. The minimum absolute atomic E-state index is 0.0116. The number of nitrogens with zero attached hydrogens (tertiary/aromatic N) is 2. The van der Waals surface area contributed by atoms with Gasteiger partial charge in [-0.3, -0.25) is 9.79 Å². The molecule has 4 rings (SSSR count). The van der Waals surface area contributed by atoms with Gasteiger partial charge in [0.2, 0.25) is 5.91 Å². The van der Waals surface area contributed by atoms with Crippen LogP contribution in [0.2, 0.25) is 5.02 Å². The minimum Gasteiger partial charge on any atom is -0.495 e. The average Bonchev–Trinajstić information content (AvgIpc) is 3.20. The molecule has 2 aromatic rings. The number of hydrogen-bond donors (Lipinski definition) is 1. The number of nitrogens with one attached hydrogen (secondary N) is 1. The maximum Gasteiger partial charge on any atom is 0.244 e. The number of benzene rings is 2. The number of carbonyl (C=O) groups is 1. The number of rotatable bonds is 5. The monoisotopic (exact) mass is 465 g/mol. The Hall–Kier alpha value is -2.23. The van der Waals surface area contributed by atoms with Crippen molar-refractivity contribution in [1.82, 2.24) is 0 Å². The summed E-state index contributed by atoms with van der Waals surface area (Å²) >= 11 is 7.42. The van der Waals surface area contributed by atoms with Gasteiger partial charge in [-0.05, 0) is 36.4 Å². The standard InChI is InChI=1S/C20H20ClN3O4S2/c1-28-17-5-3-2-4-15(17)22-19(25)10-24(14-8-6-13(21)7-9-14)20-23-16-11-30(26,27)12-18(16)29-20/h2-9,16,18H,10-12H2,1H3,(H,22,25). The Bertz CT molecular complexity index is 1090. The van der Waals surface area contributed by atoms with Crippen molar-refractivity contribution in [3.8, 4) is 5.75 Å². The number of sulfone groups is 1. The fraction of sp³-hybridized carbons (Fsp3) is 0.300. The van der Waals surface area contributed by atoms with Crippen molar-refractivity contribution in [3.05, 3.63) is 53.6 Å². The molecule has 10 heteroatoms. The predicted octanol–water partition coefficient (Wildman–Crippen LogP) is 3.06. The van der Waals surface area contributed by atoms with Crippen molar-refractivity contribution in [2.45, 2.75) is 11.3 Å². The van der Waals surface area contributed by atoms with Crippen LogP contribution >= 0.6 is 23.4 Å². The van der Waals surface area contributed by atoms with E-state index >= 15 is 0 Å². The van der Waals surface area contributed by atoms with Crippen LogP contribution in [0, 0.1) is 0 Å². The maximum absolute atomic E-state index is 12.8. The van der Waals surface area contributed by atoms with Crippen LogP contribution in [-0.2, 0) is 14.6 Å². The van der Waals surface area contributed by atoms with Crippen LogP contribution in [0.25, 0.3) is 0 Å². The second-order valence-corrected chi connectivity index (χ2v) is 10.8. The molecule has 0 bridgehead atoms.